The normalized spacial score (nSPS) is 11.0. The molecule has 0 fully saturated rings. The van der Waals surface area contributed by atoms with E-state index >= 15 is 0 Å². The Morgan fingerprint density at radius 3 is 1.95 bits per heavy atom. The second-order valence-electron chi connectivity index (χ2n) is 8.78. The molecule has 5 aromatic rings. The molecule has 7 nitrogen and oxygen atoms in total. The predicted octanol–water partition coefficient (Wildman–Crippen LogP) is 7.95. The molecule has 1 amide bonds. The molecule has 10 heteroatoms. The Morgan fingerprint density at radius 1 is 0.714 bits per heavy atom. The second-order valence-corrected chi connectivity index (χ2v) is 10.1. The minimum Gasteiger partial charge on any atom is -0.446 e. The Balaban J connectivity index is 1.40. The SMILES string of the molecule is O=C(Oc1ccc2ccccc2c1/C=N/NC(=O)C(Oc1ccc(Cl)cc1)Oc1ccc(Cl)cc1)c1ccccc1Cl. The summed E-state index contributed by atoms with van der Waals surface area (Å²) in [5, 5.41) is 7.03. The van der Waals surface area contributed by atoms with Gasteiger partial charge in [0.25, 0.3) is 0 Å². The number of carbonyl (C=O) groups is 2. The van der Waals surface area contributed by atoms with Crippen LogP contribution in [-0.4, -0.2) is 24.4 Å². The minimum atomic E-state index is -1.42. The number of nitrogens with one attached hydrogen (secondary N) is 1. The van der Waals surface area contributed by atoms with Gasteiger partial charge in [-0.2, -0.15) is 5.10 Å². The zero-order valence-electron chi connectivity index (χ0n) is 21.7. The second kappa shape index (κ2) is 13.4. The van der Waals surface area contributed by atoms with Crippen LogP contribution in [0.3, 0.4) is 0 Å². The molecule has 0 aliphatic rings. The Bertz CT molecular complexity index is 1710. The number of benzene rings is 5. The van der Waals surface area contributed by atoms with Crippen LogP contribution in [0.5, 0.6) is 17.2 Å². The molecule has 0 aliphatic carbocycles. The fourth-order valence-corrected chi connectivity index (χ4v) is 4.36. The summed E-state index contributed by atoms with van der Waals surface area (Å²) in [4.78, 5) is 26.1. The smallest absolute Gasteiger partial charge is 0.345 e. The number of hydrazone groups is 1. The van der Waals surface area contributed by atoms with Crippen LogP contribution >= 0.6 is 34.8 Å². The molecular formula is C32H21Cl3N2O5. The Labute approximate surface area is 256 Å². The van der Waals surface area contributed by atoms with Crippen LogP contribution in [0.15, 0.2) is 114 Å². The van der Waals surface area contributed by atoms with Gasteiger partial charge >= 0.3 is 18.2 Å². The summed E-state index contributed by atoms with van der Waals surface area (Å²) in [5.74, 6) is -0.419. The summed E-state index contributed by atoms with van der Waals surface area (Å²) in [6.45, 7) is 0. The van der Waals surface area contributed by atoms with Crippen molar-refractivity contribution in [2.75, 3.05) is 0 Å². The van der Waals surface area contributed by atoms with Gasteiger partial charge in [0.2, 0.25) is 0 Å². The molecule has 0 saturated heterocycles. The molecule has 42 heavy (non-hydrogen) atoms. The highest BCUT2D eigenvalue weighted by Gasteiger charge is 2.23. The summed E-state index contributed by atoms with van der Waals surface area (Å²) < 4.78 is 17.3. The maximum absolute atomic E-state index is 13.2. The zero-order chi connectivity index (χ0) is 29.5. The van der Waals surface area contributed by atoms with Crippen molar-refractivity contribution in [2.45, 2.75) is 6.29 Å². The van der Waals surface area contributed by atoms with Gasteiger partial charge in [-0.15, -0.1) is 0 Å². The van der Waals surface area contributed by atoms with E-state index in [1.807, 2.05) is 30.3 Å². The molecule has 0 bridgehead atoms. The third-order valence-corrected chi connectivity index (χ3v) is 6.76. The molecule has 210 valence electrons. The number of halogens is 3. The summed E-state index contributed by atoms with van der Waals surface area (Å²) in [5.41, 5.74) is 3.12. The van der Waals surface area contributed by atoms with Crippen molar-refractivity contribution >= 4 is 63.7 Å². The zero-order valence-corrected chi connectivity index (χ0v) is 23.9. The van der Waals surface area contributed by atoms with E-state index in [0.29, 0.717) is 27.1 Å². The van der Waals surface area contributed by atoms with E-state index in [0.717, 1.165) is 10.8 Å². The van der Waals surface area contributed by atoms with Crippen LogP contribution in [0.2, 0.25) is 15.1 Å². The largest absolute Gasteiger partial charge is 0.446 e. The minimum absolute atomic E-state index is 0.213. The van der Waals surface area contributed by atoms with Gasteiger partial charge in [-0.25, -0.2) is 10.2 Å². The molecule has 0 atom stereocenters. The Morgan fingerprint density at radius 2 is 1.31 bits per heavy atom. The molecule has 0 spiro atoms. The summed E-state index contributed by atoms with van der Waals surface area (Å²) >= 11 is 18.1. The van der Waals surface area contributed by atoms with Crippen molar-refractivity contribution < 1.29 is 23.8 Å². The number of hydrogen-bond acceptors (Lipinski definition) is 6. The molecule has 0 unspecified atom stereocenters. The molecule has 0 radical (unpaired) electrons. The lowest BCUT2D eigenvalue weighted by Crippen LogP contribution is -2.40. The van der Waals surface area contributed by atoms with Crippen LogP contribution in [0, 0.1) is 0 Å². The number of carbonyl (C=O) groups excluding carboxylic acids is 2. The molecular weight excluding hydrogens is 599 g/mol. The van der Waals surface area contributed by atoms with Gasteiger partial charge in [0, 0.05) is 15.6 Å². The molecule has 0 heterocycles. The van der Waals surface area contributed by atoms with E-state index in [1.54, 1.807) is 78.9 Å². The lowest BCUT2D eigenvalue weighted by molar-refractivity contribution is -0.140. The summed E-state index contributed by atoms with van der Waals surface area (Å²) in [6, 6.07) is 30.4. The summed E-state index contributed by atoms with van der Waals surface area (Å²) in [7, 11) is 0. The van der Waals surface area contributed by atoms with Crippen LogP contribution in [0.1, 0.15) is 15.9 Å². The Hall–Kier alpha value is -4.56. The van der Waals surface area contributed by atoms with Gasteiger partial charge < -0.3 is 14.2 Å². The van der Waals surface area contributed by atoms with Crippen molar-refractivity contribution in [2.24, 2.45) is 5.10 Å². The van der Waals surface area contributed by atoms with E-state index in [9.17, 15) is 9.59 Å². The number of fused-ring (bicyclic) bond motifs is 1. The lowest BCUT2D eigenvalue weighted by atomic mass is 10.0. The van der Waals surface area contributed by atoms with E-state index < -0.39 is 18.2 Å². The quantitative estimate of drug-likeness (QED) is 0.0595. The first-order valence-corrected chi connectivity index (χ1v) is 13.7. The molecule has 5 aromatic carbocycles. The van der Waals surface area contributed by atoms with Crippen LogP contribution in [-0.2, 0) is 4.79 Å². The number of rotatable bonds is 9. The average molecular weight is 620 g/mol. The van der Waals surface area contributed by atoms with Crippen LogP contribution in [0.4, 0.5) is 0 Å². The monoisotopic (exact) mass is 618 g/mol. The van der Waals surface area contributed by atoms with Crippen molar-refractivity contribution in [3.05, 3.63) is 135 Å². The number of hydrogen-bond donors (Lipinski definition) is 1. The van der Waals surface area contributed by atoms with Gasteiger partial charge in [0.1, 0.15) is 17.2 Å². The fraction of sp³-hybridized carbons (Fsp3) is 0.0312. The third kappa shape index (κ3) is 7.19. The van der Waals surface area contributed by atoms with E-state index in [1.165, 1.54) is 6.21 Å². The average Bonchev–Trinajstić information content (AvgIpc) is 3.00. The topological polar surface area (TPSA) is 86.2 Å². The van der Waals surface area contributed by atoms with Gasteiger partial charge in [0.05, 0.1) is 16.8 Å². The highest BCUT2D eigenvalue weighted by molar-refractivity contribution is 6.33. The highest BCUT2D eigenvalue weighted by Crippen LogP contribution is 2.28. The Kier molecular flexibility index (Phi) is 9.24. The van der Waals surface area contributed by atoms with E-state index in [2.05, 4.69) is 10.5 Å². The van der Waals surface area contributed by atoms with Crippen molar-refractivity contribution in [3.63, 3.8) is 0 Å². The van der Waals surface area contributed by atoms with Gasteiger partial charge in [0.15, 0.2) is 0 Å². The highest BCUT2D eigenvalue weighted by atomic mass is 35.5. The number of amides is 1. The first-order valence-electron chi connectivity index (χ1n) is 12.5. The number of ether oxygens (including phenoxy) is 3. The molecule has 0 saturated carbocycles. The van der Waals surface area contributed by atoms with Gasteiger partial charge in [-0.3, -0.25) is 4.79 Å². The maximum atomic E-state index is 13.2. The van der Waals surface area contributed by atoms with Crippen LogP contribution < -0.4 is 19.6 Å². The predicted molar refractivity (Wildman–Crippen MR) is 164 cm³/mol. The van der Waals surface area contributed by atoms with Crippen LogP contribution in [0.25, 0.3) is 10.8 Å². The molecule has 0 aliphatic heterocycles. The van der Waals surface area contributed by atoms with Crippen molar-refractivity contribution in [3.8, 4) is 17.2 Å². The first-order chi connectivity index (χ1) is 20.4. The van der Waals surface area contributed by atoms with E-state index in [-0.39, 0.29) is 16.3 Å². The molecule has 5 rings (SSSR count). The van der Waals surface area contributed by atoms with Gasteiger partial charge in [-0.05, 0) is 77.5 Å². The molecule has 1 N–H and O–H groups in total. The first kappa shape index (κ1) is 29.0. The fourth-order valence-electron chi connectivity index (χ4n) is 3.90. The van der Waals surface area contributed by atoms with E-state index in [4.69, 9.17) is 49.0 Å². The van der Waals surface area contributed by atoms with Crippen molar-refractivity contribution in [1.82, 2.24) is 5.43 Å². The lowest BCUT2D eigenvalue weighted by Gasteiger charge is -2.19. The molecule has 0 aromatic heterocycles. The van der Waals surface area contributed by atoms with Crippen molar-refractivity contribution in [1.29, 1.82) is 0 Å². The number of nitrogens with zero attached hydrogens (tertiary/aromatic N) is 1. The van der Waals surface area contributed by atoms with Gasteiger partial charge in [-0.1, -0.05) is 77.3 Å². The number of esters is 1. The summed E-state index contributed by atoms with van der Waals surface area (Å²) in [6.07, 6.45) is -0.0357. The standard InChI is InChI=1S/C32H21Cl3N2O5/c33-21-10-14-23(15-11-21)40-32(41-24-16-12-22(34)13-17-24)30(38)37-36-19-27-25-6-2-1-5-20(25)9-18-29(27)42-31(39)26-7-3-4-8-28(26)35/h1-19,32H,(H,37,38)/b36-19+. The third-order valence-electron chi connectivity index (χ3n) is 5.92. The maximum Gasteiger partial charge on any atom is 0.345 e.